The van der Waals surface area contributed by atoms with E-state index in [0.29, 0.717) is 23.5 Å². The Morgan fingerprint density at radius 1 is 1.75 bits per heavy atom. The zero-order valence-corrected chi connectivity index (χ0v) is 11.2. The lowest BCUT2D eigenvalue weighted by molar-refractivity contribution is -0.129. The molecule has 0 spiro atoms. The number of carbonyl (C=O) groups is 1. The summed E-state index contributed by atoms with van der Waals surface area (Å²) in [7, 11) is 0. The number of halogens is 1. The van der Waals surface area contributed by atoms with Crippen LogP contribution in [0.3, 0.4) is 0 Å². The summed E-state index contributed by atoms with van der Waals surface area (Å²) in [6.07, 6.45) is 1.19. The Bertz CT molecular complexity index is 382. The van der Waals surface area contributed by atoms with Gasteiger partial charge in [0.15, 0.2) is 5.69 Å². The summed E-state index contributed by atoms with van der Waals surface area (Å²) >= 11 is 4.93. The Labute approximate surface area is 106 Å². The van der Waals surface area contributed by atoms with E-state index in [9.17, 15) is 4.79 Å². The number of nitrogens with zero attached hydrogens (tertiary/aromatic N) is 1. The van der Waals surface area contributed by atoms with Crippen molar-refractivity contribution in [1.29, 1.82) is 0 Å². The predicted octanol–water partition coefficient (Wildman–Crippen LogP) is 2.51. The van der Waals surface area contributed by atoms with Crippen molar-refractivity contribution in [2.45, 2.75) is 30.9 Å². The lowest BCUT2D eigenvalue weighted by atomic mass is 10.2. The Kier molecular flexibility index (Phi) is 3.94. The first-order valence-corrected chi connectivity index (χ1v) is 6.83. The minimum atomic E-state index is -0.451. The van der Waals surface area contributed by atoms with Gasteiger partial charge in [-0.1, -0.05) is 15.9 Å². The molecule has 16 heavy (non-hydrogen) atoms. The van der Waals surface area contributed by atoms with Gasteiger partial charge in [0, 0.05) is 16.6 Å². The van der Waals surface area contributed by atoms with Crippen molar-refractivity contribution in [1.82, 2.24) is 4.98 Å². The molecule has 2 unspecified atom stereocenters. The summed E-state index contributed by atoms with van der Waals surface area (Å²) in [4.78, 5) is 16.1. The van der Waals surface area contributed by atoms with Crippen LogP contribution < -0.4 is 0 Å². The van der Waals surface area contributed by atoms with Gasteiger partial charge in [0.25, 0.3) is 0 Å². The van der Waals surface area contributed by atoms with Gasteiger partial charge >= 0.3 is 5.97 Å². The molecule has 2 heterocycles. The Balaban J connectivity index is 1.92. The zero-order chi connectivity index (χ0) is 11.5. The molecule has 2 atom stereocenters. The van der Waals surface area contributed by atoms with Crippen molar-refractivity contribution in [3.8, 4) is 0 Å². The zero-order valence-electron chi connectivity index (χ0n) is 8.81. The van der Waals surface area contributed by atoms with Crippen LogP contribution >= 0.6 is 27.3 Å². The fourth-order valence-electron chi connectivity index (χ4n) is 1.44. The van der Waals surface area contributed by atoms with Crippen LogP contribution in [0.1, 0.15) is 28.3 Å². The van der Waals surface area contributed by atoms with Crippen LogP contribution in [0.2, 0.25) is 0 Å². The van der Waals surface area contributed by atoms with E-state index < -0.39 is 12.3 Å². The second-order valence-corrected chi connectivity index (χ2v) is 5.94. The van der Waals surface area contributed by atoms with E-state index in [4.69, 9.17) is 9.47 Å². The Hall–Kier alpha value is -0.460. The molecule has 0 aliphatic carbocycles. The number of aryl methyl sites for hydroxylation is 1. The van der Waals surface area contributed by atoms with Crippen LogP contribution in [0.15, 0.2) is 5.38 Å². The summed E-state index contributed by atoms with van der Waals surface area (Å²) in [6, 6.07) is 0. The summed E-state index contributed by atoms with van der Waals surface area (Å²) in [5.41, 5.74) is 0.364. The second-order valence-electron chi connectivity index (χ2n) is 3.58. The third-order valence-corrected chi connectivity index (χ3v) is 3.85. The number of alkyl halides is 1. The first-order chi connectivity index (χ1) is 7.65. The van der Waals surface area contributed by atoms with E-state index in [-0.39, 0.29) is 0 Å². The molecular formula is C10H12BrNO3S. The van der Waals surface area contributed by atoms with Crippen molar-refractivity contribution in [2.75, 3.05) is 6.61 Å². The molecule has 6 heteroatoms. The summed E-state index contributed by atoms with van der Waals surface area (Å²) < 4.78 is 10.6. The lowest BCUT2D eigenvalue weighted by Gasteiger charge is -2.25. The Morgan fingerprint density at radius 3 is 3.19 bits per heavy atom. The normalized spacial score (nSPS) is 25.4. The highest BCUT2D eigenvalue weighted by atomic mass is 79.9. The summed E-state index contributed by atoms with van der Waals surface area (Å²) in [5, 5.41) is 2.56. The largest absolute Gasteiger partial charge is 0.431 e. The van der Waals surface area contributed by atoms with E-state index in [1.54, 1.807) is 5.38 Å². The monoisotopic (exact) mass is 305 g/mol. The number of carbonyl (C=O) groups excluding carboxylic acids is 1. The smallest absolute Gasteiger partial charge is 0.360 e. The molecule has 0 saturated carbocycles. The molecule has 88 valence electrons. The maximum Gasteiger partial charge on any atom is 0.360 e. The molecule has 4 nitrogen and oxygen atoms in total. The maximum absolute atomic E-state index is 11.7. The standard InChI is InChI=1S/C10H12BrNO3S/c1-6-12-8(5-16-6)10(13)15-9-4-7(11)2-3-14-9/h5,7,9H,2-4H2,1H3. The molecule has 1 aliphatic heterocycles. The van der Waals surface area contributed by atoms with Gasteiger partial charge < -0.3 is 9.47 Å². The minimum Gasteiger partial charge on any atom is -0.431 e. The van der Waals surface area contributed by atoms with Gasteiger partial charge in [0.2, 0.25) is 6.29 Å². The molecule has 1 aliphatic rings. The van der Waals surface area contributed by atoms with Crippen molar-refractivity contribution in [3.05, 3.63) is 16.1 Å². The lowest BCUT2D eigenvalue weighted by Crippen LogP contribution is -2.30. The third-order valence-electron chi connectivity index (χ3n) is 2.25. The number of thiazole rings is 1. The SMILES string of the molecule is Cc1nc(C(=O)OC2CC(Br)CCO2)cs1. The fraction of sp³-hybridized carbons (Fsp3) is 0.600. The van der Waals surface area contributed by atoms with Gasteiger partial charge in [-0.05, 0) is 13.3 Å². The maximum atomic E-state index is 11.7. The number of ether oxygens (including phenoxy) is 2. The van der Waals surface area contributed by atoms with E-state index in [1.807, 2.05) is 6.92 Å². The van der Waals surface area contributed by atoms with Gasteiger partial charge in [-0.2, -0.15) is 0 Å². The molecule has 0 bridgehead atoms. The van der Waals surface area contributed by atoms with Crippen LogP contribution in [-0.2, 0) is 9.47 Å². The third kappa shape index (κ3) is 3.02. The quantitative estimate of drug-likeness (QED) is 0.622. The van der Waals surface area contributed by atoms with Crippen molar-refractivity contribution in [3.63, 3.8) is 0 Å². The molecule has 0 N–H and O–H groups in total. The molecule has 1 fully saturated rings. The number of esters is 1. The predicted molar refractivity (Wildman–Crippen MR) is 64.0 cm³/mol. The number of aromatic nitrogens is 1. The molecule has 0 amide bonds. The minimum absolute atomic E-state index is 0.358. The Morgan fingerprint density at radius 2 is 2.56 bits per heavy atom. The molecule has 1 aromatic rings. The molecule has 0 aromatic carbocycles. The van der Waals surface area contributed by atoms with Gasteiger partial charge in [-0.25, -0.2) is 9.78 Å². The highest BCUT2D eigenvalue weighted by Crippen LogP contribution is 2.22. The second kappa shape index (κ2) is 5.25. The molecule has 1 saturated heterocycles. The van der Waals surface area contributed by atoms with Crippen LogP contribution in [0, 0.1) is 6.92 Å². The van der Waals surface area contributed by atoms with Crippen LogP contribution in [0.4, 0.5) is 0 Å². The average Bonchev–Trinajstić information content (AvgIpc) is 2.65. The van der Waals surface area contributed by atoms with E-state index >= 15 is 0 Å². The van der Waals surface area contributed by atoms with Crippen molar-refractivity contribution >= 4 is 33.2 Å². The summed E-state index contributed by atoms with van der Waals surface area (Å²) in [6.45, 7) is 2.47. The van der Waals surface area contributed by atoms with Gasteiger partial charge in [0.05, 0.1) is 11.6 Å². The molecule has 0 radical (unpaired) electrons. The van der Waals surface area contributed by atoms with Crippen LogP contribution in [0.5, 0.6) is 0 Å². The number of hydrogen-bond acceptors (Lipinski definition) is 5. The highest BCUT2D eigenvalue weighted by molar-refractivity contribution is 9.09. The first kappa shape index (κ1) is 12.0. The van der Waals surface area contributed by atoms with E-state index in [1.165, 1.54) is 11.3 Å². The van der Waals surface area contributed by atoms with E-state index in [2.05, 4.69) is 20.9 Å². The van der Waals surface area contributed by atoms with Crippen molar-refractivity contribution in [2.24, 2.45) is 0 Å². The van der Waals surface area contributed by atoms with Crippen LogP contribution in [0.25, 0.3) is 0 Å². The van der Waals surface area contributed by atoms with Gasteiger partial charge in [-0.15, -0.1) is 11.3 Å². The average molecular weight is 306 g/mol. The molecule has 1 aromatic heterocycles. The topological polar surface area (TPSA) is 48.4 Å². The first-order valence-electron chi connectivity index (χ1n) is 5.04. The fourth-order valence-corrected chi connectivity index (χ4v) is 2.52. The van der Waals surface area contributed by atoms with Gasteiger partial charge in [-0.3, -0.25) is 0 Å². The molecule has 2 rings (SSSR count). The molecular weight excluding hydrogens is 294 g/mol. The van der Waals surface area contributed by atoms with Gasteiger partial charge in [0.1, 0.15) is 0 Å². The number of rotatable bonds is 2. The summed E-state index contributed by atoms with van der Waals surface area (Å²) in [5.74, 6) is -0.407. The number of hydrogen-bond donors (Lipinski definition) is 0. The van der Waals surface area contributed by atoms with Crippen LogP contribution in [-0.4, -0.2) is 28.7 Å². The highest BCUT2D eigenvalue weighted by Gasteiger charge is 2.25. The van der Waals surface area contributed by atoms with Crippen molar-refractivity contribution < 1.29 is 14.3 Å². The van der Waals surface area contributed by atoms with E-state index in [0.717, 1.165) is 11.4 Å².